The second kappa shape index (κ2) is 5.53. The molecule has 1 saturated heterocycles. The molecule has 4 fully saturated rings. The van der Waals surface area contributed by atoms with Crippen LogP contribution < -0.4 is 14.4 Å². The first kappa shape index (κ1) is 16.9. The number of carbonyl (C=O) groups excluding carboxylic acids is 2. The van der Waals surface area contributed by atoms with E-state index in [0.29, 0.717) is 57.7 Å². The van der Waals surface area contributed by atoms with Gasteiger partial charge < -0.3 is 9.47 Å². The first-order valence-corrected chi connectivity index (χ1v) is 10.4. The number of allylic oxidation sites excluding steroid dienone is 2. The van der Waals surface area contributed by atoms with Gasteiger partial charge in [-0.3, -0.25) is 9.59 Å². The van der Waals surface area contributed by atoms with Gasteiger partial charge in [-0.2, -0.15) is 0 Å². The van der Waals surface area contributed by atoms with Gasteiger partial charge in [0.1, 0.15) is 11.5 Å². The number of ether oxygens (including phenoxy) is 2. The van der Waals surface area contributed by atoms with Crippen LogP contribution in [0.4, 0.5) is 5.69 Å². The molecule has 0 spiro atoms. The van der Waals surface area contributed by atoms with E-state index < -0.39 is 0 Å². The molecule has 4 bridgehead atoms. The highest BCUT2D eigenvalue weighted by atomic mass is 35.5. The molecule has 8 unspecified atom stereocenters. The largest absolute Gasteiger partial charge is 0.495 e. The third kappa shape index (κ3) is 1.84. The van der Waals surface area contributed by atoms with Gasteiger partial charge in [-0.1, -0.05) is 23.8 Å². The Balaban J connectivity index is 1.42. The van der Waals surface area contributed by atoms with Gasteiger partial charge in [-0.15, -0.1) is 0 Å². The molecule has 1 aliphatic heterocycles. The van der Waals surface area contributed by atoms with E-state index in [1.165, 1.54) is 25.5 Å². The molecule has 1 aromatic rings. The lowest BCUT2D eigenvalue weighted by Crippen LogP contribution is -2.38. The van der Waals surface area contributed by atoms with E-state index >= 15 is 0 Å². The summed E-state index contributed by atoms with van der Waals surface area (Å²) in [5.41, 5.74) is 0.443. The molecule has 0 N–H and O–H groups in total. The second-order valence-corrected chi connectivity index (χ2v) is 9.30. The fourth-order valence-electron chi connectivity index (χ4n) is 7.37. The Bertz CT molecular complexity index is 901. The number of amides is 2. The van der Waals surface area contributed by atoms with Crippen LogP contribution in [-0.2, 0) is 9.59 Å². The molecule has 0 aromatic heterocycles. The SMILES string of the molecule is COc1cc(N2C(=O)C3C4CC(C3C2=O)C2C3C=CC(C3)C42)c(OC)cc1Cl. The van der Waals surface area contributed by atoms with Crippen LogP contribution in [0.25, 0.3) is 0 Å². The van der Waals surface area contributed by atoms with Crippen LogP contribution in [0.1, 0.15) is 12.8 Å². The molecule has 4 aliphatic carbocycles. The van der Waals surface area contributed by atoms with Gasteiger partial charge in [0.05, 0.1) is 36.8 Å². The van der Waals surface area contributed by atoms with Crippen molar-refractivity contribution in [3.8, 4) is 11.5 Å². The third-order valence-corrected chi connectivity index (χ3v) is 8.43. The first-order chi connectivity index (χ1) is 13.5. The molecule has 146 valence electrons. The van der Waals surface area contributed by atoms with Crippen LogP contribution >= 0.6 is 11.6 Å². The summed E-state index contributed by atoms with van der Waals surface area (Å²) in [5, 5.41) is 0.389. The molecule has 0 radical (unpaired) electrons. The molecule has 5 nitrogen and oxygen atoms in total. The minimum absolute atomic E-state index is 0.0737. The van der Waals surface area contributed by atoms with Crippen molar-refractivity contribution in [2.75, 3.05) is 19.1 Å². The van der Waals surface area contributed by atoms with E-state index in [9.17, 15) is 9.59 Å². The highest BCUT2D eigenvalue weighted by Gasteiger charge is 2.71. The summed E-state index contributed by atoms with van der Waals surface area (Å²) in [5.74, 6) is 3.38. The van der Waals surface area contributed by atoms with Gasteiger partial charge in [0, 0.05) is 12.1 Å². The Hall–Kier alpha value is -2.01. The third-order valence-electron chi connectivity index (χ3n) is 8.13. The van der Waals surface area contributed by atoms with Crippen molar-refractivity contribution < 1.29 is 19.1 Å². The summed E-state index contributed by atoms with van der Waals surface area (Å²) in [7, 11) is 3.04. The average Bonchev–Trinajstić information content (AvgIpc) is 3.47. The molecular formula is C22H22ClNO4. The number of nitrogens with zero attached hydrogens (tertiary/aromatic N) is 1. The lowest BCUT2D eigenvalue weighted by molar-refractivity contribution is -0.123. The maximum atomic E-state index is 13.5. The van der Waals surface area contributed by atoms with Crippen LogP contribution in [0, 0.1) is 47.3 Å². The summed E-state index contributed by atoms with van der Waals surface area (Å²) in [6, 6.07) is 3.25. The van der Waals surface area contributed by atoms with Gasteiger partial charge in [-0.25, -0.2) is 4.90 Å². The Morgan fingerprint density at radius 2 is 1.46 bits per heavy atom. The van der Waals surface area contributed by atoms with Crippen LogP contribution in [0.5, 0.6) is 11.5 Å². The zero-order valence-corrected chi connectivity index (χ0v) is 16.6. The van der Waals surface area contributed by atoms with E-state index in [1.54, 1.807) is 12.1 Å². The smallest absolute Gasteiger partial charge is 0.238 e. The molecule has 1 aromatic carbocycles. The number of hydrogen-bond donors (Lipinski definition) is 0. The Morgan fingerprint density at radius 3 is 2.00 bits per heavy atom. The highest BCUT2D eigenvalue weighted by molar-refractivity contribution is 6.32. The molecule has 5 aliphatic rings. The number of carbonyl (C=O) groups is 2. The van der Waals surface area contributed by atoms with Crippen molar-refractivity contribution >= 4 is 29.1 Å². The molecular weight excluding hydrogens is 378 g/mol. The number of benzene rings is 1. The lowest BCUT2D eigenvalue weighted by Gasteiger charge is -2.36. The number of imide groups is 1. The topological polar surface area (TPSA) is 55.8 Å². The van der Waals surface area contributed by atoms with Crippen molar-refractivity contribution in [3.05, 3.63) is 29.3 Å². The predicted octanol–water partition coefficient (Wildman–Crippen LogP) is 3.55. The van der Waals surface area contributed by atoms with Crippen molar-refractivity contribution in [1.29, 1.82) is 0 Å². The Labute approximate surface area is 168 Å². The molecule has 8 atom stereocenters. The van der Waals surface area contributed by atoms with Crippen LogP contribution in [-0.4, -0.2) is 26.0 Å². The molecule has 2 amide bonds. The van der Waals surface area contributed by atoms with Gasteiger partial charge >= 0.3 is 0 Å². The number of anilines is 1. The lowest BCUT2D eigenvalue weighted by atomic mass is 9.65. The second-order valence-electron chi connectivity index (χ2n) is 8.89. The number of halogens is 1. The molecule has 1 heterocycles. The van der Waals surface area contributed by atoms with Crippen molar-refractivity contribution in [1.82, 2.24) is 0 Å². The van der Waals surface area contributed by atoms with Crippen molar-refractivity contribution in [2.24, 2.45) is 47.3 Å². The summed E-state index contributed by atoms with van der Waals surface area (Å²) in [6.45, 7) is 0. The highest BCUT2D eigenvalue weighted by Crippen LogP contribution is 2.70. The van der Waals surface area contributed by atoms with E-state index in [4.69, 9.17) is 21.1 Å². The summed E-state index contributed by atoms with van der Waals surface area (Å²) >= 11 is 6.22. The molecule has 6 rings (SSSR count). The zero-order chi connectivity index (χ0) is 19.3. The minimum atomic E-state index is -0.183. The van der Waals surface area contributed by atoms with Gasteiger partial charge in [0.25, 0.3) is 0 Å². The minimum Gasteiger partial charge on any atom is -0.495 e. The van der Waals surface area contributed by atoms with E-state index in [1.807, 2.05) is 0 Å². The van der Waals surface area contributed by atoms with Gasteiger partial charge in [0.2, 0.25) is 11.8 Å². The first-order valence-electron chi connectivity index (χ1n) is 10.0. The van der Waals surface area contributed by atoms with Crippen LogP contribution in [0.3, 0.4) is 0 Å². The molecule has 6 heteroatoms. The fourth-order valence-corrected chi connectivity index (χ4v) is 7.61. The molecule has 3 saturated carbocycles. The van der Waals surface area contributed by atoms with Crippen molar-refractivity contribution in [2.45, 2.75) is 12.8 Å². The van der Waals surface area contributed by atoms with Crippen molar-refractivity contribution in [3.63, 3.8) is 0 Å². The number of rotatable bonds is 3. The zero-order valence-electron chi connectivity index (χ0n) is 15.8. The fraction of sp³-hybridized carbons (Fsp3) is 0.545. The maximum Gasteiger partial charge on any atom is 0.238 e. The normalized spacial score (nSPS) is 41.8. The Morgan fingerprint density at radius 1 is 0.893 bits per heavy atom. The number of fused-ring (bicyclic) bond motifs is 12. The van der Waals surface area contributed by atoms with Crippen LogP contribution in [0.2, 0.25) is 5.02 Å². The van der Waals surface area contributed by atoms with Gasteiger partial charge in [-0.05, 0) is 48.3 Å². The monoisotopic (exact) mass is 399 g/mol. The Kier molecular flexibility index (Phi) is 3.34. The number of hydrogen-bond acceptors (Lipinski definition) is 4. The maximum absolute atomic E-state index is 13.5. The van der Waals surface area contributed by atoms with E-state index in [2.05, 4.69) is 12.2 Å². The summed E-state index contributed by atoms with van der Waals surface area (Å²) < 4.78 is 10.8. The molecule has 28 heavy (non-hydrogen) atoms. The quantitative estimate of drug-likeness (QED) is 0.443. The average molecular weight is 400 g/mol. The summed E-state index contributed by atoms with van der Waals surface area (Å²) in [4.78, 5) is 28.3. The van der Waals surface area contributed by atoms with Gasteiger partial charge in [0.15, 0.2) is 0 Å². The van der Waals surface area contributed by atoms with E-state index in [0.717, 1.165) is 6.42 Å². The van der Waals surface area contributed by atoms with Crippen LogP contribution in [0.15, 0.2) is 24.3 Å². The number of methoxy groups -OCH3 is 2. The predicted molar refractivity (Wildman–Crippen MR) is 103 cm³/mol. The van der Waals surface area contributed by atoms with E-state index in [-0.39, 0.29) is 23.7 Å². The standard InChI is InChI=1S/C22H22ClNO4/c1-27-15-8-14(16(28-2)7-13(15)23)24-21(25)19-11-6-12(20(19)22(24)26)18-10-4-3-9(5-10)17(11)18/h3-4,7-12,17-20H,5-6H2,1-2H3. The summed E-state index contributed by atoms with van der Waals surface area (Å²) in [6.07, 6.45) is 6.96.